The highest BCUT2D eigenvalue weighted by Gasteiger charge is 2.37. The number of rotatable bonds is 4. The number of hydrogen-bond acceptors (Lipinski definition) is 7. The predicted molar refractivity (Wildman–Crippen MR) is 84.5 cm³/mol. The van der Waals surface area contributed by atoms with E-state index in [0.717, 1.165) is 0 Å². The number of nitrogens with one attached hydrogen (secondary N) is 1. The molecule has 8 nitrogen and oxygen atoms in total. The van der Waals surface area contributed by atoms with E-state index in [1.54, 1.807) is 12.3 Å². The molecule has 1 unspecified atom stereocenters. The molecule has 0 saturated carbocycles. The molecule has 2 aromatic rings. The molecule has 0 radical (unpaired) electrons. The van der Waals surface area contributed by atoms with E-state index in [2.05, 4.69) is 20.4 Å². The fraction of sp³-hybridized carbons (Fsp3) is 0.500. The third kappa shape index (κ3) is 2.91. The van der Waals surface area contributed by atoms with Crippen LogP contribution in [-0.4, -0.2) is 34.2 Å². The van der Waals surface area contributed by atoms with Crippen molar-refractivity contribution in [2.75, 3.05) is 13.2 Å². The van der Waals surface area contributed by atoms with E-state index in [0.29, 0.717) is 42.1 Å². The van der Waals surface area contributed by atoms with Gasteiger partial charge in [0.2, 0.25) is 11.7 Å². The van der Waals surface area contributed by atoms with Gasteiger partial charge in [-0.15, -0.1) is 0 Å². The summed E-state index contributed by atoms with van der Waals surface area (Å²) in [6, 6.07) is 1.77. The molecule has 128 valence electrons. The molecule has 24 heavy (non-hydrogen) atoms. The molecule has 0 bridgehead atoms. The van der Waals surface area contributed by atoms with Crippen molar-refractivity contribution in [1.29, 1.82) is 0 Å². The number of carbonyl (C=O) groups excluding carboxylic acids is 1. The van der Waals surface area contributed by atoms with E-state index in [9.17, 15) is 4.79 Å². The molecule has 3 heterocycles. The zero-order chi connectivity index (χ0) is 17.3. The van der Waals surface area contributed by atoms with E-state index < -0.39 is 5.54 Å². The van der Waals surface area contributed by atoms with Crippen molar-refractivity contribution in [2.45, 2.75) is 33.2 Å². The number of amides is 1. The van der Waals surface area contributed by atoms with Crippen molar-refractivity contribution in [1.82, 2.24) is 20.4 Å². The number of ether oxygens (including phenoxy) is 2. The molecule has 0 aliphatic carbocycles. The lowest BCUT2D eigenvalue weighted by Gasteiger charge is -2.30. The lowest BCUT2D eigenvalue weighted by Crippen LogP contribution is -2.46. The lowest BCUT2D eigenvalue weighted by atomic mass is 9.88. The Hall–Kier alpha value is -2.64. The van der Waals surface area contributed by atoms with Gasteiger partial charge in [0.25, 0.3) is 11.8 Å². The fourth-order valence-electron chi connectivity index (χ4n) is 2.42. The largest absolute Gasteiger partial charge is 0.484 e. The Balaban J connectivity index is 1.93. The first-order valence-corrected chi connectivity index (χ1v) is 7.79. The summed E-state index contributed by atoms with van der Waals surface area (Å²) in [5.74, 6) is 1.64. The molecule has 0 aromatic carbocycles. The maximum absolute atomic E-state index is 11.5. The Kier molecular flexibility index (Phi) is 4.13. The number of nitrogens with zero attached hydrogens (tertiary/aromatic N) is 3. The molecule has 1 N–H and O–H groups in total. The fourth-order valence-corrected chi connectivity index (χ4v) is 2.42. The van der Waals surface area contributed by atoms with Gasteiger partial charge in [-0.2, -0.15) is 4.98 Å². The average molecular weight is 332 g/mol. The Bertz CT molecular complexity index is 758. The highest BCUT2D eigenvalue weighted by Crippen LogP contribution is 2.33. The summed E-state index contributed by atoms with van der Waals surface area (Å²) >= 11 is 0. The van der Waals surface area contributed by atoms with Gasteiger partial charge in [-0.3, -0.25) is 4.79 Å². The van der Waals surface area contributed by atoms with Crippen molar-refractivity contribution in [2.24, 2.45) is 5.92 Å². The van der Waals surface area contributed by atoms with E-state index in [4.69, 9.17) is 14.0 Å². The predicted octanol–water partition coefficient (Wildman–Crippen LogP) is 1.91. The Morgan fingerprint density at radius 1 is 1.33 bits per heavy atom. The van der Waals surface area contributed by atoms with Crippen LogP contribution < -0.4 is 14.8 Å². The van der Waals surface area contributed by atoms with Crippen LogP contribution in [0, 0.1) is 5.92 Å². The van der Waals surface area contributed by atoms with Gasteiger partial charge in [0.05, 0.1) is 0 Å². The summed E-state index contributed by atoms with van der Waals surface area (Å²) in [6.07, 6.45) is 1.60. The van der Waals surface area contributed by atoms with Crippen molar-refractivity contribution in [3.05, 3.63) is 18.2 Å². The second-order valence-corrected chi connectivity index (χ2v) is 6.19. The number of pyridine rings is 1. The average Bonchev–Trinajstić information content (AvgIpc) is 3.04. The first-order valence-electron chi connectivity index (χ1n) is 7.79. The first kappa shape index (κ1) is 16.2. The first-order chi connectivity index (χ1) is 11.4. The summed E-state index contributed by atoms with van der Waals surface area (Å²) < 4.78 is 16.3. The monoisotopic (exact) mass is 332 g/mol. The standard InChI is InChI=1S/C16H20N4O4/c1-9(2)16(4,19-10(3)21)15-18-13(20-24-15)11-7-12-14(17-8-11)23-6-5-22-12/h7-9H,5-6H2,1-4H3,(H,19,21). The quantitative estimate of drug-likeness (QED) is 0.913. The van der Waals surface area contributed by atoms with Crippen LogP contribution in [0.2, 0.25) is 0 Å². The molecule has 1 atom stereocenters. The van der Waals surface area contributed by atoms with Gasteiger partial charge in [-0.25, -0.2) is 4.98 Å². The Labute approximate surface area is 139 Å². The number of carbonyl (C=O) groups is 1. The highest BCUT2D eigenvalue weighted by molar-refractivity contribution is 5.74. The van der Waals surface area contributed by atoms with Crippen LogP contribution in [0.5, 0.6) is 11.6 Å². The smallest absolute Gasteiger partial charge is 0.257 e. The second kappa shape index (κ2) is 6.10. The molecule has 0 saturated heterocycles. The van der Waals surface area contributed by atoms with Gasteiger partial charge in [-0.05, 0) is 18.9 Å². The van der Waals surface area contributed by atoms with Gasteiger partial charge >= 0.3 is 0 Å². The lowest BCUT2D eigenvalue weighted by molar-refractivity contribution is -0.121. The summed E-state index contributed by atoms with van der Waals surface area (Å²) in [5.41, 5.74) is -0.0959. The topological polar surface area (TPSA) is 99.4 Å². The van der Waals surface area contributed by atoms with E-state index in [1.165, 1.54) is 6.92 Å². The maximum atomic E-state index is 11.5. The van der Waals surface area contributed by atoms with Crippen LogP contribution in [0.3, 0.4) is 0 Å². The van der Waals surface area contributed by atoms with Gasteiger partial charge in [0.1, 0.15) is 18.8 Å². The molecule has 0 spiro atoms. The van der Waals surface area contributed by atoms with Gasteiger partial charge in [0, 0.05) is 18.7 Å². The van der Waals surface area contributed by atoms with Crippen LogP contribution >= 0.6 is 0 Å². The van der Waals surface area contributed by atoms with Crippen LogP contribution in [0.1, 0.15) is 33.6 Å². The van der Waals surface area contributed by atoms with Crippen LogP contribution in [0.15, 0.2) is 16.8 Å². The van der Waals surface area contributed by atoms with Crippen molar-refractivity contribution >= 4 is 5.91 Å². The van der Waals surface area contributed by atoms with Gasteiger partial charge < -0.3 is 19.3 Å². The Morgan fingerprint density at radius 2 is 2.08 bits per heavy atom. The molecule has 1 aliphatic rings. The normalized spacial score (nSPS) is 15.9. The third-order valence-electron chi connectivity index (χ3n) is 4.12. The van der Waals surface area contributed by atoms with Crippen molar-refractivity contribution in [3.63, 3.8) is 0 Å². The molecule has 2 aromatic heterocycles. The molecule has 8 heteroatoms. The van der Waals surface area contributed by atoms with E-state index in [1.807, 2.05) is 20.8 Å². The number of aromatic nitrogens is 3. The number of hydrogen-bond donors (Lipinski definition) is 1. The zero-order valence-corrected chi connectivity index (χ0v) is 14.1. The molecular weight excluding hydrogens is 312 g/mol. The van der Waals surface area contributed by atoms with E-state index >= 15 is 0 Å². The Morgan fingerprint density at radius 3 is 2.79 bits per heavy atom. The zero-order valence-electron chi connectivity index (χ0n) is 14.1. The van der Waals surface area contributed by atoms with Gasteiger partial charge in [-0.1, -0.05) is 19.0 Å². The SMILES string of the molecule is CC(=O)NC(C)(c1nc(-c2cnc3c(c2)OCCO3)no1)C(C)C. The van der Waals surface area contributed by atoms with Gasteiger partial charge in [0.15, 0.2) is 5.75 Å². The van der Waals surface area contributed by atoms with Crippen LogP contribution in [0.4, 0.5) is 0 Å². The summed E-state index contributed by atoms with van der Waals surface area (Å²) in [6.45, 7) is 8.23. The minimum absolute atomic E-state index is 0.0630. The minimum atomic E-state index is -0.752. The molecular formula is C16H20N4O4. The second-order valence-electron chi connectivity index (χ2n) is 6.19. The molecule has 3 rings (SSSR count). The third-order valence-corrected chi connectivity index (χ3v) is 4.12. The van der Waals surface area contributed by atoms with Crippen LogP contribution in [-0.2, 0) is 10.3 Å². The van der Waals surface area contributed by atoms with Crippen molar-refractivity contribution in [3.8, 4) is 23.0 Å². The summed E-state index contributed by atoms with van der Waals surface area (Å²) in [7, 11) is 0. The van der Waals surface area contributed by atoms with Crippen molar-refractivity contribution < 1.29 is 18.8 Å². The van der Waals surface area contributed by atoms with E-state index in [-0.39, 0.29) is 11.8 Å². The molecule has 1 amide bonds. The maximum Gasteiger partial charge on any atom is 0.257 e. The highest BCUT2D eigenvalue weighted by atomic mass is 16.6. The summed E-state index contributed by atoms with van der Waals surface area (Å²) in [4.78, 5) is 20.2. The minimum Gasteiger partial charge on any atom is -0.484 e. The molecule has 0 fully saturated rings. The van der Waals surface area contributed by atoms with Crippen LogP contribution in [0.25, 0.3) is 11.4 Å². The number of fused-ring (bicyclic) bond motifs is 1. The summed E-state index contributed by atoms with van der Waals surface area (Å²) in [5, 5.41) is 6.91. The molecule has 1 aliphatic heterocycles.